The maximum atomic E-state index is 3.17. The molecule has 0 saturated heterocycles. The number of hydrogen-bond acceptors (Lipinski definition) is 2. The van der Waals surface area contributed by atoms with Crippen LogP contribution >= 0.6 is 0 Å². The van der Waals surface area contributed by atoms with E-state index in [9.17, 15) is 0 Å². The van der Waals surface area contributed by atoms with Gasteiger partial charge in [0.2, 0.25) is 0 Å². The Labute approximate surface area is 106 Å². The van der Waals surface area contributed by atoms with E-state index < -0.39 is 0 Å². The minimum Gasteiger partial charge on any atom is -0.316 e. The van der Waals surface area contributed by atoms with Crippen molar-refractivity contribution < 1.29 is 0 Å². The zero-order valence-corrected chi connectivity index (χ0v) is 11.5. The van der Waals surface area contributed by atoms with Gasteiger partial charge in [0.1, 0.15) is 0 Å². The summed E-state index contributed by atoms with van der Waals surface area (Å²) in [6, 6.07) is 8.96. The van der Waals surface area contributed by atoms with Crippen molar-refractivity contribution in [2.45, 2.75) is 39.8 Å². The van der Waals surface area contributed by atoms with Crippen molar-refractivity contribution in [3.05, 3.63) is 35.4 Å². The van der Waals surface area contributed by atoms with Crippen LogP contribution in [0.5, 0.6) is 0 Å². The summed E-state index contributed by atoms with van der Waals surface area (Å²) in [6.45, 7) is 8.94. The number of nitrogens with one attached hydrogen (secondary N) is 1. The van der Waals surface area contributed by atoms with Gasteiger partial charge in [0.05, 0.1) is 0 Å². The zero-order chi connectivity index (χ0) is 12.5. The van der Waals surface area contributed by atoms with Crippen LogP contribution in [0.25, 0.3) is 0 Å². The molecule has 0 unspecified atom stereocenters. The topological polar surface area (TPSA) is 15.3 Å². The molecule has 0 aromatic heterocycles. The van der Waals surface area contributed by atoms with Crippen molar-refractivity contribution in [1.82, 2.24) is 10.2 Å². The molecule has 0 heterocycles. The number of rotatable bonds is 8. The smallest absolute Gasteiger partial charge is 0.0233 e. The fraction of sp³-hybridized carbons (Fsp3) is 0.600. The highest BCUT2D eigenvalue weighted by Gasteiger charge is 2.03. The fourth-order valence-electron chi connectivity index (χ4n) is 2.13. The summed E-state index contributed by atoms with van der Waals surface area (Å²) in [5, 5.41) is 3.17. The number of nitrogens with zero attached hydrogens (tertiary/aromatic N) is 1. The monoisotopic (exact) mass is 234 g/mol. The Morgan fingerprint density at radius 2 is 1.47 bits per heavy atom. The van der Waals surface area contributed by atoms with Gasteiger partial charge in [0.15, 0.2) is 0 Å². The van der Waals surface area contributed by atoms with E-state index >= 15 is 0 Å². The van der Waals surface area contributed by atoms with Crippen LogP contribution in [-0.4, -0.2) is 25.0 Å². The van der Waals surface area contributed by atoms with Crippen LogP contribution in [0, 0.1) is 0 Å². The molecule has 0 spiro atoms. The summed E-state index contributed by atoms with van der Waals surface area (Å²) in [4.78, 5) is 2.53. The third-order valence-electron chi connectivity index (χ3n) is 2.89. The van der Waals surface area contributed by atoms with Crippen LogP contribution in [0.1, 0.15) is 37.8 Å². The van der Waals surface area contributed by atoms with E-state index in [1.54, 1.807) is 0 Å². The van der Waals surface area contributed by atoms with E-state index in [4.69, 9.17) is 0 Å². The van der Waals surface area contributed by atoms with Crippen molar-refractivity contribution in [3.8, 4) is 0 Å². The van der Waals surface area contributed by atoms with Crippen LogP contribution in [0.3, 0.4) is 0 Å². The average Bonchev–Trinajstić information content (AvgIpc) is 2.33. The first-order valence-electron chi connectivity index (χ1n) is 6.74. The predicted molar refractivity (Wildman–Crippen MR) is 75.1 cm³/mol. The highest BCUT2D eigenvalue weighted by molar-refractivity contribution is 5.22. The Morgan fingerprint density at radius 1 is 0.941 bits per heavy atom. The van der Waals surface area contributed by atoms with Crippen LogP contribution in [0.4, 0.5) is 0 Å². The van der Waals surface area contributed by atoms with Crippen molar-refractivity contribution >= 4 is 0 Å². The van der Waals surface area contributed by atoms with Gasteiger partial charge in [-0.25, -0.2) is 0 Å². The fourth-order valence-corrected chi connectivity index (χ4v) is 2.13. The van der Waals surface area contributed by atoms with E-state index in [1.165, 1.54) is 37.1 Å². The highest BCUT2D eigenvalue weighted by atomic mass is 15.1. The van der Waals surface area contributed by atoms with E-state index in [0.29, 0.717) is 0 Å². The summed E-state index contributed by atoms with van der Waals surface area (Å²) >= 11 is 0. The Kier molecular flexibility index (Phi) is 6.90. The Morgan fingerprint density at radius 3 is 1.94 bits per heavy atom. The van der Waals surface area contributed by atoms with E-state index in [1.807, 2.05) is 7.05 Å². The summed E-state index contributed by atoms with van der Waals surface area (Å²) < 4.78 is 0. The van der Waals surface area contributed by atoms with Crippen molar-refractivity contribution in [1.29, 1.82) is 0 Å². The molecule has 0 aliphatic heterocycles. The lowest BCUT2D eigenvalue weighted by molar-refractivity contribution is 0.266. The van der Waals surface area contributed by atoms with Crippen molar-refractivity contribution in [2.24, 2.45) is 0 Å². The SMILES string of the molecule is CCCN(CCC)Cc1ccc(CNC)cc1. The molecular formula is C15H26N2. The Hall–Kier alpha value is -0.860. The molecule has 0 aliphatic carbocycles. The lowest BCUT2D eigenvalue weighted by Gasteiger charge is -2.21. The van der Waals surface area contributed by atoms with E-state index in [-0.39, 0.29) is 0 Å². The van der Waals surface area contributed by atoms with E-state index in [0.717, 1.165) is 13.1 Å². The molecule has 1 aromatic rings. The van der Waals surface area contributed by atoms with Gasteiger partial charge in [-0.15, -0.1) is 0 Å². The molecule has 1 N–H and O–H groups in total. The summed E-state index contributed by atoms with van der Waals surface area (Å²) in [5.74, 6) is 0. The van der Waals surface area contributed by atoms with Crippen molar-refractivity contribution in [2.75, 3.05) is 20.1 Å². The lowest BCUT2D eigenvalue weighted by Crippen LogP contribution is -2.24. The van der Waals surface area contributed by atoms with Crippen LogP contribution in [0.2, 0.25) is 0 Å². The molecule has 0 aliphatic rings. The first-order chi connectivity index (χ1) is 8.30. The summed E-state index contributed by atoms with van der Waals surface area (Å²) in [5.41, 5.74) is 2.78. The van der Waals surface area contributed by atoms with Gasteiger partial charge in [-0.2, -0.15) is 0 Å². The van der Waals surface area contributed by atoms with Crippen molar-refractivity contribution in [3.63, 3.8) is 0 Å². The zero-order valence-electron chi connectivity index (χ0n) is 11.5. The normalized spacial score (nSPS) is 11.1. The standard InChI is InChI=1S/C15H26N2/c1-4-10-17(11-5-2)13-15-8-6-14(7-9-15)12-16-3/h6-9,16H,4-5,10-13H2,1-3H3. The molecule has 0 radical (unpaired) electrons. The summed E-state index contributed by atoms with van der Waals surface area (Å²) in [6.07, 6.45) is 2.47. The minimum atomic E-state index is 0.952. The van der Waals surface area contributed by atoms with Gasteiger partial charge in [-0.05, 0) is 44.1 Å². The third kappa shape index (κ3) is 5.33. The molecule has 1 rings (SSSR count). The highest BCUT2D eigenvalue weighted by Crippen LogP contribution is 2.08. The van der Waals surface area contributed by atoms with E-state index in [2.05, 4.69) is 48.3 Å². The summed E-state index contributed by atoms with van der Waals surface area (Å²) in [7, 11) is 1.98. The molecule has 2 nitrogen and oxygen atoms in total. The van der Waals surface area contributed by atoms with Gasteiger partial charge in [0.25, 0.3) is 0 Å². The molecular weight excluding hydrogens is 208 g/mol. The molecule has 17 heavy (non-hydrogen) atoms. The Balaban J connectivity index is 2.53. The second-order valence-corrected chi connectivity index (χ2v) is 4.62. The van der Waals surface area contributed by atoms with Crippen LogP contribution in [0.15, 0.2) is 24.3 Å². The molecule has 96 valence electrons. The molecule has 0 fully saturated rings. The maximum absolute atomic E-state index is 3.17. The minimum absolute atomic E-state index is 0.952. The van der Waals surface area contributed by atoms with Crippen LogP contribution < -0.4 is 5.32 Å². The number of benzene rings is 1. The molecule has 0 saturated carbocycles. The molecule has 2 heteroatoms. The molecule has 0 atom stereocenters. The third-order valence-corrected chi connectivity index (χ3v) is 2.89. The first-order valence-corrected chi connectivity index (χ1v) is 6.74. The quantitative estimate of drug-likeness (QED) is 0.744. The van der Waals surface area contributed by atoms with Gasteiger partial charge in [-0.3, -0.25) is 4.90 Å². The first kappa shape index (κ1) is 14.2. The second-order valence-electron chi connectivity index (χ2n) is 4.62. The largest absolute Gasteiger partial charge is 0.316 e. The predicted octanol–water partition coefficient (Wildman–Crippen LogP) is 3.03. The molecule has 1 aromatic carbocycles. The number of hydrogen-bond donors (Lipinski definition) is 1. The van der Waals surface area contributed by atoms with Gasteiger partial charge >= 0.3 is 0 Å². The van der Waals surface area contributed by atoms with Gasteiger partial charge in [-0.1, -0.05) is 38.1 Å². The van der Waals surface area contributed by atoms with Gasteiger partial charge < -0.3 is 5.32 Å². The van der Waals surface area contributed by atoms with Gasteiger partial charge in [0, 0.05) is 13.1 Å². The molecule has 0 bridgehead atoms. The lowest BCUT2D eigenvalue weighted by atomic mass is 10.1. The van der Waals surface area contributed by atoms with Crippen LogP contribution in [-0.2, 0) is 13.1 Å². The maximum Gasteiger partial charge on any atom is 0.0233 e. The second kappa shape index (κ2) is 8.26. The average molecular weight is 234 g/mol. The molecule has 0 amide bonds. The Bertz CT molecular complexity index is 286.